The molecule has 0 aliphatic carbocycles. The monoisotopic (exact) mass is 261 g/mol. The summed E-state index contributed by atoms with van der Waals surface area (Å²) >= 11 is 0. The molecule has 1 aromatic carbocycles. The highest BCUT2D eigenvalue weighted by Crippen LogP contribution is 2.34. The molecule has 2 nitrogen and oxygen atoms in total. The Bertz CT molecular complexity index is 544. The Morgan fingerprint density at radius 1 is 1.17 bits per heavy atom. The summed E-state index contributed by atoms with van der Waals surface area (Å²) in [6, 6.07) is 6.51. The fraction of sp³-hybridized carbons (Fsp3) is 0.182. The van der Waals surface area contributed by atoms with E-state index in [0.29, 0.717) is 4.68 Å². The van der Waals surface area contributed by atoms with Crippen LogP contribution in [-0.4, -0.2) is 9.78 Å². The number of hydrogen-bond donors (Lipinski definition) is 0. The summed E-state index contributed by atoms with van der Waals surface area (Å²) in [6.45, 7) is 0. The zero-order valence-corrected chi connectivity index (χ0v) is 8.75. The van der Waals surface area contributed by atoms with E-state index in [2.05, 4.69) is 11.2 Å². The third kappa shape index (κ3) is 2.20. The minimum atomic E-state index is -4.64. The summed E-state index contributed by atoms with van der Waals surface area (Å²) in [5.74, 6) is 0. The van der Waals surface area contributed by atoms with Gasteiger partial charge in [0.25, 0.3) is 6.43 Å². The fourth-order valence-corrected chi connectivity index (χ4v) is 1.52. The second-order valence-electron chi connectivity index (χ2n) is 3.40. The average molecular weight is 261 g/mol. The van der Waals surface area contributed by atoms with Gasteiger partial charge in [0.05, 0.1) is 17.4 Å². The van der Waals surface area contributed by atoms with Crippen molar-refractivity contribution >= 4 is 0 Å². The molecule has 95 valence electrons. The minimum absolute atomic E-state index is 0.443. The molecule has 0 N–H and O–H groups in total. The van der Waals surface area contributed by atoms with E-state index in [4.69, 9.17) is 0 Å². The maximum absolute atomic E-state index is 12.7. The second-order valence-corrected chi connectivity index (χ2v) is 3.40. The van der Waals surface area contributed by atoms with E-state index in [1.165, 1.54) is 12.1 Å². The smallest absolute Gasteiger partial charge is 0.231 e. The Hall–Kier alpha value is -1.92. The molecule has 0 unspecified atom stereocenters. The van der Waals surface area contributed by atoms with Crippen molar-refractivity contribution in [3.8, 4) is 5.69 Å². The first-order chi connectivity index (χ1) is 8.41. The van der Waals surface area contributed by atoms with Gasteiger partial charge in [-0.3, -0.25) is 0 Å². The van der Waals surface area contributed by atoms with Gasteiger partial charge in [-0.1, -0.05) is 12.1 Å². The van der Waals surface area contributed by atoms with Crippen molar-refractivity contribution in [3.05, 3.63) is 47.8 Å². The van der Waals surface area contributed by atoms with Crippen molar-refractivity contribution in [1.29, 1.82) is 0 Å². The quantitative estimate of drug-likeness (QED) is 0.755. The van der Waals surface area contributed by atoms with Gasteiger partial charge >= 0.3 is 6.18 Å². The van der Waals surface area contributed by atoms with Crippen molar-refractivity contribution in [2.24, 2.45) is 0 Å². The number of aromatic nitrogens is 2. The van der Waals surface area contributed by atoms with Gasteiger partial charge in [-0.15, -0.1) is 0 Å². The molecule has 0 saturated heterocycles. The minimum Gasteiger partial charge on any atom is -0.231 e. The number of para-hydroxylation sites is 1. The molecule has 1 radical (unpaired) electrons. The van der Waals surface area contributed by atoms with Crippen LogP contribution in [0, 0.1) is 6.07 Å². The number of benzene rings is 1. The summed E-state index contributed by atoms with van der Waals surface area (Å²) < 4.78 is 64.0. The van der Waals surface area contributed by atoms with Crippen LogP contribution in [0.1, 0.15) is 17.7 Å². The highest BCUT2D eigenvalue weighted by molar-refractivity contribution is 5.43. The second kappa shape index (κ2) is 4.40. The Labute approximate surface area is 98.7 Å². The molecule has 0 spiro atoms. The third-order valence-electron chi connectivity index (χ3n) is 2.26. The van der Waals surface area contributed by atoms with Crippen molar-refractivity contribution in [2.45, 2.75) is 12.6 Å². The Morgan fingerprint density at radius 2 is 1.83 bits per heavy atom. The van der Waals surface area contributed by atoms with Crippen molar-refractivity contribution in [3.63, 3.8) is 0 Å². The Balaban J connectivity index is 2.61. The van der Waals surface area contributed by atoms with E-state index in [-0.39, 0.29) is 0 Å². The SMILES string of the molecule is FC(F)c1[c]cnn1-c1ccccc1C(F)(F)F. The van der Waals surface area contributed by atoms with E-state index in [9.17, 15) is 22.0 Å². The number of halogens is 5. The molecule has 18 heavy (non-hydrogen) atoms. The normalized spacial score (nSPS) is 12.1. The molecule has 0 atom stereocenters. The fourth-order valence-electron chi connectivity index (χ4n) is 1.52. The van der Waals surface area contributed by atoms with Crippen LogP contribution < -0.4 is 0 Å². The lowest BCUT2D eigenvalue weighted by molar-refractivity contribution is -0.137. The summed E-state index contributed by atoms with van der Waals surface area (Å²) in [6.07, 6.45) is -6.68. The van der Waals surface area contributed by atoms with E-state index >= 15 is 0 Å². The van der Waals surface area contributed by atoms with Gasteiger partial charge in [0.1, 0.15) is 5.69 Å². The first kappa shape index (κ1) is 12.5. The van der Waals surface area contributed by atoms with Gasteiger partial charge in [0.2, 0.25) is 0 Å². The zero-order chi connectivity index (χ0) is 13.3. The summed E-state index contributed by atoms with van der Waals surface area (Å²) in [4.78, 5) is 0. The molecular weight excluding hydrogens is 255 g/mol. The maximum Gasteiger partial charge on any atom is 0.418 e. The first-order valence-electron chi connectivity index (χ1n) is 4.81. The van der Waals surface area contributed by atoms with Gasteiger partial charge in [-0.25, -0.2) is 13.5 Å². The van der Waals surface area contributed by atoms with Crippen LogP contribution in [0.3, 0.4) is 0 Å². The Kier molecular flexibility index (Phi) is 3.06. The molecule has 2 rings (SSSR count). The predicted molar refractivity (Wildman–Crippen MR) is 52.4 cm³/mol. The average Bonchev–Trinajstić information content (AvgIpc) is 2.76. The molecule has 2 aromatic rings. The van der Waals surface area contributed by atoms with Crippen LogP contribution >= 0.6 is 0 Å². The van der Waals surface area contributed by atoms with Crippen molar-refractivity contribution in [1.82, 2.24) is 9.78 Å². The maximum atomic E-state index is 12.7. The summed E-state index contributed by atoms with van der Waals surface area (Å²) in [5, 5.41) is 3.46. The van der Waals surface area contributed by atoms with Crippen LogP contribution in [0.25, 0.3) is 5.69 Å². The summed E-state index contributed by atoms with van der Waals surface area (Å²) in [7, 11) is 0. The first-order valence-corrected chi connectivity index (χ1v) is 4.81. The van der Waals surface area contributed by atoms with Crippen LogP contribution in [0.4, 0.5) is 22.0 Å². The highest BCUT2D eigenvalue weighted by atomic mass is 19.4. The Morgan fingerprint density at radius 3 is 2.44 bits per heavy atom. The lowest BCUT2D eigenvalue weighted by atomic mass is 10.1. The van der Waals surface area contributed by atoms with Gasteiger partial charge in [0.15, 0.2) is 0 Å². The summed E-state index contributed by atoms with van der Waals surface area (Å²) in [5.41, 5.74) is -2.17. The standard InChI is InChI=1S/C11H6F5N2/c12-10(13)9-5-6-17-18(9)8-4-2-1-3-7(8)11(14,15)16/h1-4,6,10H. The molecule has 0 amide bonds. The lowest BCUT2D eigenvalue weighted by Gasteiger charge is -2.14. The van der Waals surface area contributed by atoms with Gasteiger partial charge < -0.3 is 0 Å². The molecular formula is C11H6F5N2. The van der Waals surface area contributed by atoms with Gasteiger partial charge in [0, 0.05) is 6.07 Å². The highest BCUT2D eigenvalue weighted by Gasteiger charge is 2.34. The molecule has 0 bridgehead atoms. The topological polar surface area (TPSA) is 17.8 Å². The number of alkyl halides is 5. The van der Waals surface area contributed by atoms with Crippen molar-refractivity contribution in [2.75, 3.05) is 0 Å². The van der Waals surface area contributed by atoms with E-state index in [0.717, 1.165) is 18.3 Å². The van der Waals surface area contributed by atoms with Crippen LogP contribution in [0.15, 0.2) is 30.5 Å². The van der Waals surface area contributed by atoms with E-state index < -0.39 is 29.5 Å². The molecule has 0 saturated carbocycles. The number of rotatable bonds is 2. The molecule has 7 heteroatoms. The van der Waals surface area contributed by atoms with E-state index in [1.807, 2.05) is 0 Å². The molecule has 1 heterocycles. The third-order valence-corrected chi connectivity index (χ3v) is 2.26. The van der Waals surface area contributed by atoms with Gasteiger partial charge in [-0.2, -0.15) is 18.3 Å². The van der Waals surface area contributed by atoms with Crippen LogP contribution in [0.5, 0.6) is 0 Å². The molecule has 0 aliphatic heterocycles. The molecule has 0 fully saturated rings. The lowest BCUT2D eigenvalue weighted by Crippen LogP contribution is -2.13. The van der Waals surface area contributed by atoms with E-state index in [1.54, 1.807) is 0 Å². The molecule has 0 aliphatic rings. The largest absolute Gasteiger partial charge is 0.418 e. The zero-order valence-electron chi connectivity index (χ0n) is 8.75. The number of hydrogen-bond acceptors (Lipinski definition) is 1. The van der Waals surface area contributed by atoms with Crippen LogP contribution in [-0.2, 0) is 6.18 Å². The van der Waals surface area contributed by atoms with Gasteiger partial charge in [-0.05, 0) is 12.1 Å². The molecule has 1 aromatic heterocycles. The van der Waals surface area contributed by atoms with Crippen LogP contribution in [0.2, 0.25) is 0 Å². The predicted octanol–water partition coefficient (Wildman–Crippen LogP) is 3.63. The number of nitrogens with zero attached hydrogens (tertiary/aromatic N) is 2. The van der Waals surface area contributed by atoms with Crippen molar-refractivity contribution < 1.29 is 22.0 Å².